The molecule has 1 saturated heterocycles. The molecule has 5 aromatic rings. The average Bonchev–Trinajstić information content (AvgIpc) is 3.37. The molecule has 1 aliphatic rings. The number of piperazine rings is 1. The standard InChI is InChI=1S/C29H25N9O/c30-18-25-22(4-1-11-32-25)29(39)37-16-14-36(15-17-37)19-20-7-9-21(10-8-20)38-27(23-5-2-12-33-26(23)31)35-24-6-3-13-34-28(24)38/h1-13H,14-17,19H2,(H2,31,33). The number of nitrogens with zero attached hydrogens (tertiary/aromatic N) is 8. The second kappa shape index (κ2) is 10.3. The molecule has 1 aliphatic heterocycles. The molecule has 6 rings (SSSR count). The Bertz CT molecular complexity index is 1700. The highest BCUT2D eigenvalue weighted by Gasteiger charge is 2.24. The van der Waals surface area contributed by atoms with Crippen LogP contribution in [0.5, 0.6) is 0 Å². The summed E-state index contributed by atoms with van der Waals surface area (Å²) in [7, 11) is 0. The zero-order valence-corrected chi connectivity index (χ0v) is 21.1. The van der Waals surface area contributed by atoms with Crippen LogP contribution in [-0.2, 0) is 6.54 Å². The highest BCUT2D eigenvalue weighted by atomic mass is 16.2. The lowest BCUT2D eigenvalue weighted by Crippen LogP contribution is -2.48. The van der Waals surface area contributed by atoms with Crippen molar-refractivity contribution < 1.29 is 4.79 Å². The zero-order chi connectivity index (χ0) is 26.8. The zero-order valence-electron chi connectivity index (χ0n) is 21.1. The van der Waals surface area contributed by atoms with Crippen LogP contribution in [-0.4, -0.2) is 66.4 Å². The molecule has 2 N–H and O–H groups in total. The van der Waals surface area contributed by atoms with E-state index < -0.39 is 0 Å². The van der Waals surface area contributed by atoms with Crippen LogP contribution in [0.2, 0.25) is 0 Å². The van der Waals surface area contributed by atoms with Gasteiger partial charge in [0, 0.05) is 57.0 Å². The summed E-state index contributed by atoms with van der Waals surface area (Å²) in [5, 5.41) is 9.28. The van der Waals surface area contributed by atoms with E-state index in [1.807, 2.05) is 34.9 Å². The van der Waals surface area contributed by atoms with Gasteiger partial charge in [-0.05, 0) is 54.1 Å². The Morgan fingerprint density at radius 1 is 0.897 bits per heavy atom. The minimum absolute atomic E-state index is 0.144. The van der Waals surface area contributed by atoms with Crippen molar-refractivity contribution in [1.82, 2.24) is 34.3 Å². The molecule has 0 saturated carbocycles. The van der Waals surface area contributed by atoms with E-state index in [1.165, 1.54) is 6.20 Å². The van der Waals surface area contributed by atoms with E-state index in [-0.39, 0.29) is 11.6 Å². The van der Waals surface area contributed by atoms with Crippen LogP contribution >= 0.6 is 0 Å². The van der Waals surface area contributed by atoms with Crippen molar-refractivity contribution in [2.45, 2.75) is 6.54 Å². The van der Waals surface area contributed by atoms with Gasteiger partial charge in [0.2, 0.25) is 0 Å². The van der Waals surface area contributed by atoms with Gasteiger partial charge in [0.25, 0.3) is 5.91 Å². The van der Waals surface area contributed by atoms with Crippen molar-refractivity contribution in [2.75, 3.05) is 31.9 Å². The van der Waals surface area contributed by atoms with Crippen LogP contribution in [0.15, 0.2) is 79.3 Å². The Balaban J connectivity index is 1.18. The first-order chi connectivity index (χ1) is 19.1. The minimum atomic E-state index is -0.144. The summed E-state index contributed by atoms with van der Waals surface area (Å²) in [6.45, 7) is 3.45. The van der Waals surface area contributed by atoms with Gasteiger partial charge in [-0.2, -0.15) is 5.26 Å². The van der Waals surface area contributed by atoms with Gasteiger partial charge in [0.05, 0.1) is 11.1 Å². The predicted molar refractivity (Wildman–Crippen MR) is 147 cm³/mol. The van der Waals surface area contributed by atoms with Gasteiger partial charge < -0.3 is 10.6 Å². The van der Waals surface area contributed by atoms with E-state index in [0.717, 1.165) is 47.6 Å². The normalized spacial score (nSPS) is 13.9. The third-order valence-corrected chi connectivity index (χ3v) is 6.90. The number of hydrogen-bond donors (Lipinski definition) is 1. The molecule has 10 heteroatoms. The number of hydrogen-bond acceptors (Lipinski definition) is 8. The Hall–Kier alpha value is -5.14. The van der Waals surface area contributed by atoms with E-state index in [2.05, 4.69) is 44.1 Å². The quantitative estimate of drug-likeness (QED) is 0.377. The Morgan fingerprint density at radius 3 is 2.38 bits per heavy atom. The first-order valence-electron chi connectivity index (χ1n) is 12.6. The number of imidazole rings is 1. The maximum Gasteiger partial charge on any atom is 0.256 e. The number of nitrogen functional groups attached to an aromatic ring is 1. The number of amides is 1. The van der Waals surface area contributed by atoms with E-state index in [4.69, 9.17) is 10.7 Å². The molecule has 0 unspecified atom stereocenters. The van der Waals surface area contributed by atoms with Gasteiger partial charge in [0.15, 0.2) is 17.2 Å². The average molecular weight is 516 g/mol. The number of rotatable bonds is 5. The summed E-state index contributed by atoms with van der Waals surface area (Å²) in [6.07, 6.45) is 4.95. The molecule has 0 bridgehead atoms. The molecule has 10 nitrogen and oxygen atoms in total. The fraction of sp³-hybridized carbons (Fsp3) is 0.172. The molecular formula is C29H25N9O. The van der Waals surface area contributed by atoms with Crippen molar-refractivity contribution in [3.63, 3.8) is 0 Å². The lowest BCUT2D eigenvalue weighted by atomic mass is 10.1. The van der Waals surface area contributed by atoms with Gasteiger partial charge in [0.1, 0.15) is 17.4 Å². The Morgan fingerprint density at radius 2 is 1.62 bits per heavy atom. The smallest absolute Gasteiger partial charge is 0.256 e. The lowest BCUT2D eigenvalue weighted by molar-refractivity contribution is 0.0627. The first kappa shape index (κ1) is 24.2. The molecule has 39 heavy (non-hydrogen) atoms. The van der Waals surface area contributed by atoms with Crippen molar-refractivity contribution in [3.8, 4) is 23.1 Å². The molecule has 0 atom stereocenters. The molecule has 192 valence electrons. The van der Waals surface area contributed by atoms with Gasteiger partial charge in [-0.25, -0.2) is 19.9 Å². The maximum absolute atomic E-state index is 12.9. The largest absolute Gasteiger partial charge is 0.383 e. The number of benzene rings is 1. The molecular weight excluding hydrogens is 490 g/mol. The minimum Gasteiger partial charge on any atom is -0.383 e. The first-order valence-corrected chi connectivity index (χ1v) is 12.6. The molecule has 1 aromatic carbocycles. The summed E-state index contributed by atoms with van der Waals surface area (Å²) in [5.41, 5.74) is 11.1. The number of anilines is 1. The monoisotopic (exact) mass is 515 g/mol. The second-order valence-electron chi connectivity index (χ2n) is 9.30. The van der Waals surface area contributed by atoms with Crippen molar-refractivity contribution in [3.05, 3.63) is 96.1 Å². The summed E-state index contributed by atoms with van der Waals surface area (Å²) in [5.74, 6) is 0.960. The Labute approximate surface area is 225 Å². The number of carbonyl (C=O) groups excluding carboxylic acids is 1. The van der Waals surface area contributed by atoms with Crippen LogP contribution in [0, 0.1) is 11.3 Å². The van der Waals surface area contributed by atoms with Crippen LogP contribution < -0.4 is 5.73 Å². The fourth-order valence-corrected chi connectivity index (χ4v) is 4.90. The van der Waals surface area contributed by atoms with Crippen LogP contribution in [0.4, 0.5) is 5.82 Å². The highest BCUT2D eigenvalue weighted by molar-refractivity contribution is 5.96. The predicted octanol–water partition coefficient (Wildman–Crippen LogP) is 3.29. The van der Waals surface area contributed by atoms with Gasteiger partial charge in [-0.1, -0.05) is 12.1 Å². The van der Waals surface area contributed by atoms with Crippen LogP contribution in [0.1, 0.15) is 21.6 Å². The number of pyridine rings is 3. The molecule has 4 aromatic heterocycles. The third kappa shape index (κ3) is 4.67. The highest BCUT2D eigenvalue weighted by Crippen LogP contribution is 2.30. The molecule has 0 aliphatic carbocycles. The van der Waals surface area contributed by atoms with E-state index in [1.54, 1.807) is 29.4 Å². The molecule has 5 heterocycles. The lowest BCUT2D eigenvalue weighted by Gasteiger charge is -2.34. The molecule has 0 spiro atoms. The number of nitrogens with two attached hydrogens (primary N) is 1. The fourth-order valence-electron chi connectivity index (χ4n) is 4.90. The van der Waals surface area contributed by atoms with Crippen molar-refractivity contribution in [2.24, 2.45) is 0 Å². The second-order valence-corrected chi connectivity index (χ2v) is 9.30. The van der Waals surface area contributed by atoms with Crippen molar-refractivity contribution in [1.29, 1.82) is 5.26 Å². The van der Waals surface area contributed by atoms with E-state index in [9.17, 15) is 10.1 Å². The van der Waals surface area contributed by atoms with Gasteiger partial charge >= 0.3 is 0 Å². The number of nitriles is 1. The van der Waals surface area contributed by atoms with E-state index >= 15 is 0 Å². The van der Waals surface area contributed by atoms with Crippen LogP contribution in [0.25, 0.3) is 28.2 Å². The molecule has 1 amide bonds. The summed E-state index contributed by atoms with van der Waals surface area (Å²) >= 11 is 0. The Kier molecular flexibility index (Phi) is 6.40. The number of carbonyl (C=O) groups is 1. The molecule has 0 radical (unpaired) electrons. The third-order valence-electron chi connectivity index (χ3n) is 6.90. The van der Waals surface area contributed by atoms with E-state index in [0.29, 0.717) is 30.3 Å². The SMILES string of the molecule is N#Cc1ncccc1C(=O)N1CCN(Cc2ccc(-n3c(-c4cccnc4N)nc4cccnc43)cc2)CC1. The summed E-state index contributed by atoms with van der Waals surface area (Å²) in [4.78, 5) is 34.7. The summed E-state index contributed by atoms with van der Waals surface area (Å²) in [6, 6.07) is 21.2. The number of fused-ring (bicyclic) bond motifs is 1. The van der Waals surface area contributed by atoms with Gasteiger partial charge in [-0.15, -0.1) is 0 Å². The van der Waals surface area contributed by atoms with Crippen molar-refractivity contribution >= 4 is 22.9 Å². The summed E-state index contributed by atoms with van der Waals surface area (Å²) < 4.78 is 2.00. The molecule has 1 fully saturated rings. The topological polar surface area (TPSA) is 130 Å². The van der Waals surface area contributed by atoms with Gasteiger partial charge in [-0.3, -0.25) is 14.3 Å². The van der Waals surface area contributed by atoms with Crippen LogP contribution in [0.3, 0.4) is 0 Å². The number of aromatic nitrogens is 5. The maximum atomic E-state index is 12.9.